The van der Waals surface area contributed by atoms with E-state index in [0.29, 0.717) is 6.42 Å². The van der Waals surface area contributed by atoms with Gasteiger partial charge in [0.2, 0.25) is 6.29 Å². The van der Waals surface area contributed by atoms with E-state index in [1.54, 1.807) is 6.08 Å². The molecule has 1 N–H and O–H groups in total. The monoisotopic (exact) mass is 102 g/mol. The Balaban J connectivity index is 2.22. The predicted molar refractivity (Wildman–Crippen MR) is 22.3 cm³/mol. The standard InChI is InChI=1S/C4H6O3/c5-7-4-2-1-3-6-4/h1,3-5H,2H2. The van der Waals surface area contributed by atoms with E-state index in [4.69, 9.17) is 5.26 Å². The Morgan fingerprint density at radius 3 is 3.00 bits per heavy atom. The van der Waals surface area contributed by atoms with Gasteiger partial charge in [-0.05, 0) is 6.08 Å². The summed E-state index contributed by atoms with van der Waals surface area (Å²) in [6.45, 7) is 0. The molecule has 0 saturated carbocycles. The van der Waals surface area contributed by atoms with Crippen molar-refractivity contribution in [3.8, 4) is 0 Å². The molecule has 0 radical (unpaired) electrons. The molecule has 1 aliphatic heterocycles. The summed E-state index contributed by atoms with van der Waals surface area (Å²) in [4.78, 5) is 3.83. The molecule has 0 bridgehead atoms. The van der Waals surface area contributed by atoms with Gasteiger partial charge in [0.15, 0.2) is 0 Å². The zero-order chi connectivity index (χ0) is 5.11. The van der Waals surface area contributed by atoms with Gasteiger partial charge < -0.3 is 4.74 Å². The van der Waals surface area contributed by atoms with Crippen LogP contribution in [-0.2, 0) is 9.62 Å². The minimum absolute atomic E-state index is 0.458. The van der Waals surface area contributed by atoms with E-state index < -0.39 is 6.29 Å². The summed E-state index contributed by atoms with van der Waals surface area (Å²) in [6, 6.07) is 0. The lowest BCUT2D eigenvalue weighted by atomic mass is 10.4. The molecule has 3 heteroatoms. The van der Waals surface area contributed by atoms with Crippen molar-refractivity contribution in [3.63, 3.8) is 0 Å². The SMILES string of the molecule is OOC1CC=CO1. The second kappa shape index (κ2) is 1.95. The molecule has 0 aliphatic carbocycles. The first-order valence-corrected chi connectivity index (χ1v) is 2.04. The van der Waals surface area contributed by atoms with Crippen LogP contribution in [0.3, 0.4) is 0 Å². The highest BCUT2D eigenvalue weighted by Crippen LogP contribution is 2.07. The first-order valence-electron chi connectivity index (χ1n) is 2.04. The maximum atomic E-state index is 7.90. The molecule has 1 rings (SSSR count). The van der Waals surface area contributed by atoms with Crippen LogP contribution in [-0.4, -0.2) is 11.5 Å². The lowest BCUT2D eigenvalue weighted by Crippen LogP contribution is -2.05. The van der Waals surface area contributed by atoms with E-state index in [1.807, 2.05) is 0 Å². The highest BCUT2D eigenvalue weighted by atomic mass is 17.1. The summed E-state index contributed by atoms with van der Waals surface area (Å²) in [7, 11) is 0. The average Bonchev–Trinajstić information content (AvgIpc) is 2.14. The second-order valence-corrected chi connectivity index (χ2v) is 1.28. The van der Waals surface area contributed by atoms with Gasteiger partial charge in [-0.25, -0.2) is 5.26 Å². The van der Waals surface area contributed by atoms with Crippen molar-refractivity contribution in [3.05, 3.63) is 12.3 Å². The normalized spacial score (nSPS) is 27.9. The quantitative estimate of drug-likeness (QED) is 0.392. The highest BCUT2D eigenvalue weighted by Gasteiger charge is 2.08. The number of ether oxygens (including phenoxy) is 1. The molecule has 0 fully saturated rings. The smallest absolute Gasteiger partial charge is 0.233 e. The third-order valence-corrected chi connectivity index (χ3v) is 0.773. The molecule has 3 nitrogen and oxygen atoms in total. The van der Waals surface area contributed by atoms with Crippen LogP contribution in [0.25, 0.3) is 0 Å². The minimum atomic E-state index is -0.458. The van der Waals surface area contributed by atoms with Gasteiger partial charge in [0.05, 0.1) is 6.26 Å². The highest BCUT2D eigenvalue weighted by molar-refractivity contribution is 4.81. The molecular weight excluding hydrogens is 96.0 g/mol. The van der Waals surface area contributed by atoms with Gasteiger partial charge in [-0.3, -0.25) is 0 Å². The van der Waals surface area contributed by atoms with Gasteiger partial charge in [-0.15, -0.1) is 0 Å². The fraction of sp³-hybridized carbons (Fsp3) is 0.500. The molecule has 7 heavy (non-hydrogen) atoms. The van der Waals surface area contributed by atoms with Gasteiger partial charge in [-0.1, -0.05) is 0 Å². The van der Waals surface area contributed by atoms with Crippen molar-refractivity contribution in [2.45, 2.75) is 12.7 Å². The Labute approximate surface area is 41.1 Å². The Bertz CT molecular complexity index is 71.0. The minimum Gasteiger partial charge on any atom is -0.470 e. The van der Waals surface area contributed by atoms with Crippen LogP contribution in [0.1, 0.15) is 6.42 Å². The van der Waals surface area contributed by atoms with E-state index in [2.05, 4.69) is 9.62 Å². The summed E-state index contributed by atoms with van der Waals surface area (Å²) in [5.41, 5.74) is 0. The first-order chi connectivity index (χ1) is 3.43. The summed E-state index contributed by atoms with van der Waals surface area (Å²) in [5.74, 6) is 0. The predicted octanol–water partition coefficient (Wildman–Crippen LogP) is 0.736. The van der Waals surface area contributed by atoms with Crippen LogP contribution in [0.5, 0.6) is 0 Å². The van der Waals surface area contributed by atoms with Gasteiger partial charge in [0, 0.05) is 6.42 Å². The Hall–Kier alpha value is -0.540. The van der Waals surface area contributed by atoms with Crippen molar-refractivity contribution < 1.29 is 14.9 Å². The third-order valence-electron chi connectivity index (χ3n) is 0.773. The Kier molecular flexibility index (Phi) is 1.29. The van der Waals surface area contributed by atoms with Crippen LogP contribution in [0.4, 0.5) is 0 Å². The zero-order valence-corrected chi connectivity index (χ0v) is 3.70. The fourth-order valence-corrected chi connectivity index (χ4v) is 0.433. The van der Waals surface area contributed by atoms with Crippen LogP contribution in [0.2, 0.25) is 0 Å². The van der Waals surface area contributed by atoms with E-state index >= 15 is 0 Å². The average molecular weight is 102 g/mol. The largest absolute Gasteiger partial charge is 0.470 e. The van der Waals surface area contributed by atoms with Crippen LogP contribution < -0.4 is 0 Å². The number of hydrogen-bond acceptors (Lipinski definition) is 3. The van der Waals surface area contributed by atoms with Gasteiger partial charge in [-0.2, -0.15) is 4.89 Å². The van der Waals surface area contributed by atoms with Crippen LogP contribution >= 0.6 is 0 Å². The molecule has 1 aliphatic rings. The van der Waals surface area contributed by atoms with E-state index in [9.17, 15) is 0 Å². The van der Waals surface area contributed by atoms with Gasteiger partial charge in [0.1, 0.15) is 0 Å². The van der Waals surface area contributed by atoms with Gasteiger partial charge >= 0.3 is 0 Å². The lowest BCUT2D eigenvalue weighted by molar-refractivity contribution is -0.329. The summed E-state index contributed by atoms with van der Waals surface area (Å²) < 4.78 is 4.65. The Morgan fingerprint density at radius 1 is 1.86 bits per heavy atom. The van der Waals surface area contributed by atoms with Crippen molar-refractivity contribution in [1.82, 2.24) is 0 Å². The van der Waals surface area contributed by atoms with Crippen molar-refractivity contribution in [2.24, 2.45) is 0 Å². The van der Waals surface area contributed by atoms with E-state index in [1.165, 1.54) is 6.26 Å². The van der Waals surface area contributed by atoms with Crippen LogP contribution in [0.15, 0.2) is 12.3 Å². The zero-order valence-electron chi connectivity index (χ0n) is 3.70. The number of rotatable bonds is 1. The van der Waals surface area contributed by atoms with Crippen LogP contribution in [0, 0.1) is 0 Å². The summed E-state index contributed by atoms with van der Waals surface area (Å²) >= 11 is 0. The fourth-order valence-electron chi connectivity index (χ4n) is 0.433. The molecule has 0 spiro atoms. The topological polar surface area (TPSA) is 38.7 Å². The molecule has 0 aromatic heterocycles. The molecule has 0 saturated heterocycles. The molecular formula is C4H6O3. The molecule has 1 unspecified atom stereocenters. The van der Waals surface area contributed by atoms with E-state index in [0.717, 1.165) is 0 Å². The molecule has 1 atom stereocenters. The molecule has 0 aromatic rings. The van der Waals surface area contributed by atoms with E-state index in [-0.39, 0.29) is 0 Å². The summed E-state index contributed by atoms with van der Waals surface area (Å²) in [5, 5.41) is 7.90. The second-order valence-electron chi connectivity index (χ2n) is 1.28. The van der Waals surface area contributed by atoms with Crippen molar-refractivity contribution in [2.75, 3.05) is 0 Å². The molecule has 1 heterocycles. The van der Waals surface area contributed by atoms with Crippen molar-refractivity contribution >= 4 is 0 Å². The molecule has 0 amide bonds. The number of hydrogen-bond donors (Lipinski definition) is 1. The summed E-state index contributed by atoms with van der Waals surface area (Å²) in [6.07, 6.45) is 3.46. The first kappa shape index (κ1) is 4.61. The third kappa shape index (κ3) is 0.913. The van der Waals surface area contributed by atoms with Crippen molar-refractivity contribution in [1.29, 1.82) is 0 Å². The maximum Gasteiger partial charge on any atom is 0.233 e. The molecule has 0 aromatic carbocycles. The lowest BCUT2D eigenvalue weighted by Gasteiger charge is -2.01. The van der Waals surface area contributed by atoms with Gasteiger partial charge in [0.25, 0.3) is 0 Å². The maximum absolute atomic E-state index is 7.90. The molecule has 40 valence electrons. The Morgan fingerprint density at radius 2 is 2.71 bits per heavy atom.